The van der Waals surface area contributed by atoms with Gasteiger partial charge in [-0.3, -0.25) is 4.90 Å². The van der Waals surface area contributed by atoms with Gasteiger partial charge in [0.25, 0.3) is 0 Å². The minimum absolute atomic E-state index is 0.213. The van der Waals surface area contributed by atoms with Gasteiger partial charge in [0.2, 0.25) is 0 Å². The van der Waals surface area contributed by atoms with Gasteiger partial charge >= 0.3 is 6.09 Å². The van der Waals surface area contributed by atoms with Crippen molar-refractivity contribution in [1.29, 1.82) is 0 Å². The Labute approximate surface area is 235 Å². The zero-order valence-corrected chi connectivity index (χ0v) is 23.6. The molecule has 9 heteroatoms. The van der Waals surface area contributed by atoms with Gasteiger partial charge in [0, 0.05) is 48.4 Å². The third-order valence-corrected chi connectivity index (χ3v) is 7.37. The number of methoxy groups -OCH3 is 1. The van der Waals surface area contributed by atoms with Crippen LogP contribution in [0.4, 0.5) is 16.3 Å². The monoisotopic (exact) mass is 543 g/mol. The summed E-state index contributed by atoms with van der Waals surface area (Å²) in [4.78, 5) is 25.8. The van der Waals surface area contributed by atoms with Crippen LogP contribution in [-0.4, -0.2) is 77.4 Å². The molecule has 2 aliphatic rings. The van der Waals surface area contributed by atoms with Gasteiger partial charge in [0.1, 0.15) is 17.7 Å². The van der Waals surface area contributed by atoms with Crippen molar-refractivity contribution in [3.8, 4) is 23.8 Å². The number of amides is 1. The first-order chi connectivity index (χ1) is 19.2. The average Bonchev–Trinajstić information content (AvgIpc) is 3.52. The summed E-state index contributed by atoms with van der Waals surface area (Å²) in [5.41, 5.74) is 1.89. The van der Waals surface area contributed by atoms with E-state index in [0.717, 1.165) is 61.2 Å². The highest BCUT2D eigenvalue weighted by Gasteiger charge is 2.43. The van der Waals surface area contributed by atoms with Gasteiger partial charge in [-0.05, 0) is 70.3 Å². The fourth-order valence-corrected chi connectivity index (χ4v) is 5.51. The predicted molar refractivity (Wildman–Crippen MR) is 155 cm³/mol. The molecule has 0 saturated carbocycles. The van der Waals surface area contributed by atoms with Gasteiger partial charge in [0.05, 0.1) is 19.2 Å². The van der Waals surface area contributed by atoms with Gasteiger partial charge in [0.15, 0.2) is 11.5 Å². The number of anilines is 2. The highest BCUT2D eigenvalue weighted by Crippen LogP contribution is 2.35. The lowest BCUT2D eigenvalue weighted by molar-refractivity contribution is 0.0272. The number of terminal acetylenes is 1. The molecule has 2 aliphatic heterocycles. The molecule has 0 radical (unpaired) electrons. The summed E-state index contributed by atoms with van der Waals surface area (Å²) >= 11 is 0. The molecule has 5 rings (SSSR count). The molecule has 0 unspecified atom stereocenters. The van der Waals surface area contributed by atoms with E-state index in [0.29, 0.717) is 35.9 Å². The van der Waals surface area contributed by atoms with Gasteiger partial charge in [-0.2, -0.15) is 0 Å². The second kappa shape index (κ2) is 11.6. The smallest absolute Gasteiger partial charge is 0.410 e. The lowest BCUT2D eigenvalue weighted by Crippen LogP contribution is -2.40. The van der Waals surface area contributed by atoms with Crippen LogP contribution in [0, 0.1) is 18.3 Å². The highest BCUT2D eigenvalue weighted by molar-refractivity contribution is 5.93. The molecule has 3 aromatic rings. The molecule has 9 nitrogen and oxygen atoms in total. The predicted octanol–water partition coefficient (Wildman–Crippen LogP) is 5.07. The Balaban J connectivity index is 1.21. The molecule has 0 bridgehead atoms. The van der Waals surface area contributed by atoms with E-state index in [1.807, 2.05) is 62.1 Å². The number of aromatic nitrogens is 2. The molecule has 40 heavy (non-hydrogen) atoms. The maximum atomic E-state index is 12.6. The van der Waals surface area contributed by atoms with Gasteiger partial charge in [-0.15, -0.1) is 6.42 Å². The Morgan fingerprint density at radius 2 is 2.02 bits per heavy atom. The molecule has 2 atom stereocenters. The van der Waals surface area contributed by atoms with E-state index >= 15 is 0 Å². The number of nitrogens with one attached hydrogen (secondary N) is 1. The van der Waals surface area contributed by atoms with Crippen LogP contribution in [0.3, 0.4) is 0 Å². The molecule has 3 heterocycles. The Hall–Kier alpha value is -4.03. The number of likely N-dealkylation sites (tertiary alicyclic amines) is 2. The quantitative estimate of drug-likeness (QED) is 0.311. The van der Waals surface area contributed by atoms with Gasteiger partial charge in [-0.25, -0.2) is 14.8 Å². The van der Waals surface area contributed by atoms with E-state index in [1.54, 1.807) is 7.11 Å². The van der Waals surface area contributed by atoms with Crippen molar-refractivity contribution in [3.63, 3.8) is 0 Å². The number of carbonyl (C=O) groups excluding carboxylic acids is 1. The molecule has 0 aliphatic carbocycles. The normalized spacial score (nSPS) is 18.8. The summed E-state index contributed by atoms with van der Waals surface area (Å²) in [6.45, 7) is 9.69. The second-order valence-electron chi connectivity index (χ2n) is 11.3. The summed E-state index contributed by atoms with van der Waals surface area (Å²) in [7, 11) is 1.63. The third kappa shape index (κ3) is 6.23. The maximum absolute atomic E-state index is 12.6. The van der Waals surface area contributed by atoms with Crippen LogP contribution in [0.5, 0.6) is 11.5 Å². The van der Waals surface area contributed by atoms with Crippen molar-refractivity contribution in [2.75, 3.05) is 45.2 Å². The molecular formula is C31H37N5O4. The van der Waals surface area contributed by atoms with E-state index in [1.165, 1.54) is 6.33 Å². The number of fused-ring (bicyclic) bond motifs is 2. The Bertz CT molecular complexity index is 1410. The standard InChI is InChI=1S/C31H37N5O4/c1-6-21-9-7-10-23(15-21)34-29-24-16-28(27(38-5)17-25(24)32-20-33-29)39-14-8-12-35-13-11-22-18-36(19-26(22)35)30(37)40-31(2,3)4/h1,7,9-10,15-17,20,22,26H,8,11-14,18-19H2,2-5H3,(H,32,33,34)/t22-,26+/m1/s1. The average molecular weight is 544 g/mol. The number of benzene rings is 2. The summed E-state index contributed by atoms with van der Waals surface area (Å²) in [5, 5.41) is 4.17. The minimum atomic E-state index is -0.481. The zero-order valence-electron chi connectivity index (χ0n) is 23.6. The van der Waals surface area contributed by atoms with Crippen LogP contribution in [-0.2, 0) is 4.74 Å². The maximum Gasteiger partial charge on any atom is 0.410 e. The number of nitrogens with zero attached hydrogens (tertiary/aromatic N) is 4. The molecule has 210 valence electrons. The SMILES string of the molecule is C#Cc1cccc(Nc2ncnc3cc(OC)c(OCCCN4CC[C@@H]5CN(C(=O)OC(C)(C)C)C[C@@H]54)cc23)c1. The van der Waals surface area contributed by atoms with Crippen molar-refractivity contribution in [1.82, 2.24) is 19.8 Å². The van der Waals surface area contributed by atoms with Crippen molar-refractivity contribution in [3.05, 3.63) is 48.3 Å². The van der Waals surface area contributed by atoms with Crippen LogP contribution in [0.2, 0.25) is 0 Å². The van der Waals surface area contributed by atoms with Crippen LogP contribution in [0.1, 0.15) is 39.2 Å². The Morgan fingerprint density at radius 1 is 1.18 bits per heavy atom. The number of hydrogen-bond acceptors (Lipinski definition) is 8. The van der Waals surface area contributed by atoms with E-state index in [-0.39, 0.29) is 6.09 Å². The van der Waals surface area contributed by atoms with Crippen LogP contribution in [0.15, 0.2) is 42.7 Å². The second-order valence-corrected chi connectivity index (χ2v) is 11.3. The summed E-state index contributed by atoms with van der Waals surface area (Å²) in [6, 6.07) is 11.8. The topological polar surface area (TPSA) is 89.1 Å². The van der Waals surface area contributed by atoms with Crippen molar-refractivity contribution in [2.45, 2.75) is 45.3 Å². The summed E-state index contributed by atoms with van der Waals surface area (Å²) < 4.78 is 17.4. The first-order valence-corrected chi connectivity index (χ1v) is 13.8. The van der Waals surface area contributed by atoms with Crippen molar-refractivity contribution >= 4 is 28.5 Å². The molecule has 2 aromatic carbocycles. The largest absolute Gasteiger partial charge is 0.493 e. The van der Waals surface area contributed by atoms with Crippen LogP contribution < -0.4 is 14.8 Å². The lowest BCUT2D eigenvalue weighted by atomic mass is 10.1. The van der Waals surface area contributed by atoms with Crippen molar-refractivity contribution < 1.29 is 19.0 Å². The molecule has 1 aromatic heterocycles. The summed E-state index contributed by atoms with van der Waals surface area (Å²) in [5.74, 6) is 5.08. The van der Waals surface area contributed by atoms with E-state index in [2.05, 4.69) is 26.1 Å². The fraction of sp³-hybridized carbons (Fsp3) is 0.452. The van der Waals surface area contributed by atoms with Crippen LogP contribution >= 0.6 is 0 Å². The third-order valence-electron chi connectivity index (χ3n) is 7.37. The number of ether oxygens (including phenoxy) is 3. The molecule has 1 amide bonds. The number of rotatable bonds is 8. The minimum Gasteiger partial charge on any atom is -0.493 e. The molecule has 2 saturated heterocycles. The molecule has 0 spiro atoms. The number of hydrogen-bond donors (Lipinski definition) is 1. The summed E-state index contributed by atoms with van der Waals surface area (Å²) in [6.07, 6.45) is 8.82. The van der Waals surface area contributed by atoms with Gasteiger partial charge in [-0.1, -0.05) is 12.0 Å². The highest BCUT2D eigenvalue weighted by atomic mass is 16.6. The first kappa shape index (κ1) is 27.5. The fourth-order valence-electron chi connectivity index (χ4n) is 5.51. The van der Waals surface area contributed by atoms with E-state index < -0.39 is 5.60 Å². The number of carbonyl (C=O) groups is 1. The zero-order chi connectivity index (χ0) is 28.3. The molecular weight excluding hydrogens is 506 g/mol. The van der Waals surface area contributed by atoms with E-state index in [4.69, 9.17) is 20.6 Å². The Morgan fingerprint density at radius 3 is 2.80 bits per heavy atom. The van der Waals surface area contributed by atoms with E-state index in [9.17, 15) is 4.79 Å². The van der Waals surface area contributed by atoms with Gasteiger partial charge < -0.3 is 24.4 Å². The Kier molecular flexibility index (Phi) is 7.99. The van der Waals surface area contributed by atoms with Crippen LogP contribution in [0.25, 0.3) is 10.9 Å². The molecule has 1 N–H and O–H groups in total. The first-order valence-electron chi connectivity index (χ1n) is 13.8. The van der Waals surface area contributed by atoms with Crippen molar-refractivity contribution in [2.24, 2.45) is 5.92 Å². The molecule has 2 fully saturated rings. The lowest BCUT2D eigenvalue weighted by Gasteiger charge is -2.27.